The topological polar surface area (TPSA) is 29.5 Å². The first kappa shape index (κ1) is 14.0. The van der Waals surface area contributed by atoms with Gasteiger partial charge in [0.2, 0.25) is 0 Å². The summed E-state index contributed by atoms with van der Waals surface area (Å²) >= 11 is 0. The molecule has 0 fully saturated rings. The van der Waals surface area contributed by atoms with Crippen LogP contribution in [0.2, 0.25) is 0 Å². The van der Waals surface area contributed by atoms with Crippen LogP contribution in [0.5, 0.6) is 5.75 Å². The van der Waals surface area contributed by atoms with E-state index in [1.165, 1.54) is 6.07 Å². The van der Waals surface area contributed by atoms with Crippen LogP contribution in [-0.2, 0) is 0 Å². The van der Waals surface area contributed by atoms with E-state index in [0.717, 1.165) is 12.8 Å². The lowest BCUT2D eigenvalue weighted by atomic mass is 10.1. The maximum absolute atomic E-state index is 13.5. The Balaban J connectivity index is 2.64. The molecule has 0 saturated carbocycles. The van der Waals surface area contributed by atoms with Crippen LogP contribution in [0.1, 0.15) is 45.3 Å². The quantitative estimate of drug-likeness (QED) is 0.821. The van der Waals surface area contributed by atoms with Gasteiger partial charge in [0.15, 0.2) is 0 Å². The molecule has 1 rings (SSSR count). The summed E-state index contributed by atoms with van der Waals surface area (Å²) < 4.78 is 19.1. The van der Waals surface area contributed by atoms with Crippen LogP contribution in [0, 0.1) is 11.7 Å². The molecule has 1 aromatic carbocycles. The summed E-state index contributed by atoms with van der Waals surface area (Å²) in [6.45, 7) is 6.40. The van der Waals surface area contributed by atoms with Crippen molar-refractivity contribution in [2.45, 2.75) is 39.7 Å². The third kappa shape index (κ3) is 4.00. The molecule has 1 aromatic rings. The van der Waals surface area contributed by atoms with E-state index >= 15 is 0 Å². The molecule has 3 heteroatoms. The summed E-state index contributed by atoms with van der Waals surface area (Å²) in [5.74, 6) is 0.621. The van der Waals surface area contributed by atoms with Crippen LogP contribution in [0.3, 0.4) is 0 Å². The third-order valence-electron chi connectivity index (χ3n) is 3.06. The lowest BCUT2D eigenvalue weighted by molar-refractivity contribution is 0.193. The number of ether oxygens (including phenoxy) is 1. The van der Waals surface area contributed by atoms with E-state index in [-0.39, 0.29) is 0 Å². The second-order valence-electron chi connectivity index (χ2n) is 4.35. The number of aliphatic hydroxyl groups is 1. The highest BCUT2D eigenvalue weighted by Crippen LogP contribution is 2.22. The molecule has 0 bridgehead atoms. The molecule has 0 unspecified atom stereocenters. The molecule has 0 radical (unpaired) electrons. The van der Waals surface area contributed by atoms with E-state index in [9.17, 15) is 9.50 Å². The van der Waals surface area contributed by atoms with Crippen LogP contribution in [-0.4, -0.2) is 11.7 Å². The van der Waals surface area contributed by atoms with Gasteiger partial charge in [-0.15, -0.1) is 0 Å². The maximum atomic E-state index is 13.5. The van der Waals surface area contributed by atoms with E-state index in [1.54, 1.807) is 19.1 Å². The van der Waals surface area contributed by atoms with Crippen molar-refractivity contribution in [2.24, 2.45) is 5.92 Å². The summed E-state index contributed by atoms with van der Waals surface area (Å²) in [6.07, 6.45) is 1.33. The van der Waals surface area contributed by atoms with Gasteiger partial charge in [-0.2, -0.15) is 0 Å². The lowest BCUT2D eigenvalue weighted by Crippen LogP contribution is -2.10. The molecular formula is C14H21FO2. The van der Waals surface area contributed by atoms with Gasteiger partial charge in [-0.05, 0) is 25.0 Å². The van der Waals surface area contributed by atoms with Crippen LogP contribution in [0.25, 0.3) is 0 Å². The van der Waals surface area contributed by atoms with Gasteiger partial charge in [0.1, 0.15) is 11.6 Å². The number of hydrogen-bond donors (Lipinski definition) is 1. The molecule has 0 amide bonds. The molecular weight excluding hydrogens is 219 g/mol. The second kappa shape index (κ2) is 6.60. The zero-order chi connectivity index (χ0) is 12.8. The van der Waals surface area contributed by atoms with Crippen molar-refractivity contribution in [1.82, 2.24) is 0 Å². The molecule has 2 nitrogen and oxygen atoms in total. The van der Waals surface area contributed by atoms with Crippen molar-refractivity contribution < 1.29 is 14.2 Å². The largest absolute Gasteiger partial charge is 0.493 e. The van der Waals surface area contributed by atoms with Crippen molar-refractivity contribution >= 4 is 0 Å². The monoisotopic (exact) mass is 240 g/mol. The first-order chi connectivity index (χ1) is 8.08. The second-order valence-corrected chi connectivity index (χ2v) is 4.35. The predicted octanol–water partition coefficient (Wildman–Crippen LogP) is 3.69. The molecule has 0 aliphatic heterocycles. The average Bonchev–Trinajstić information content (AvgIpc) is 2.30. The predicted molar refractivity (Wildman–Crippen MR) is 66.6 cm³/mol. The maximum Gasteiger partial charge on any atom is 0.132 e. The van der Waals surface area contributed by atoms with Crippen molar-refractivity contribution in [2.75, 3.05) is 6.61 Å². The normalized spacial score (nSPS) is 12.8. The number of rotatable bonds is 6. The zero-order valence-electron chi connectivity index (χ0n) is 10.7. The number of hydrogen-bond acceptors (Lipinski definition) is 2. The number of halogens is 1. The fraction of sp³-hybridized carbons (Fsp3) is 0.571. The fourth-order valence-electron chi connectivity index (χ4n) is 1.67. The number of aliphatic hydroxyl groups excluding tert-OH is 1. The van der Waals surface area contributed by atoms with Gasteiger partial charge in [0.25, 0.3) is 0 Å². The fourth-order valence-corrected chi connectivity index (χ4v) is 1.67. The lowest BCUT2D eigenvalue weighted by Gasteiger charge is -2.14. The van der Waals surface area contributed by atoms with E-state index in [0.29, 0.717) is 23.8 Å². The number of benzene rings is 1. The van der Waals surface area contributed by atoms with E-state index in [4.69, 9.17) is 4.74 Å². The minimum absolute atomic E-state index is 0.305. The van der Waals surface area contributed by atoms with Crippen LogP contribution in [0.15, 0.2) is 18.2 Å². The first-order valence-corrected chi connectivity index (χ1v) is 6.18. The van der Waals surface area contributed by atoms with E-state index in [1.807, 2.05) is 0 Å². The van der Waals surface area contributed by atoms with Gasteiger partial charge in [-0.3, -0.25) is 0 Å². The zero-order valence-corrected chi connectivity index (χ0v) is 10.7. The molecule has 0 aromatic heterocycles. The Morgan fingerprint density at radius 1 is 1.29 bits per heavy atom. The molecule has 0 spiro atoms. The SMILES string of the molecule is CCC(CC)COc1ccc([C@@H](C)O)c(F)c1. The van der Waals surface area contributed by atoms with Crippen molar-refractivity contribution in [3.8, 4) is 5.75 Å². The molecule has 1 atom stereocenters. The molecule has 17 heavy (non-hydrogen) atoms. The van der Waals surface area contributed by atoms with Gasteiger partial charge < -0.3 is 9.84 Å². The smallest absolute Gasteiger partial charge is 0.132 e. The van der Waals surface area contributed by atoms with Crippen molar-refractivity contribution in [3.63, 3.8) is 0 Å². The third-order valence-corrected chi connectivity index (χ3v) is 3.06. The molecule has 0 heterocycles. The Morgan fingerprint density at radius 2 is 1.94 bits per heavy atom. The van der Waals surface area contributed by atoms with E-state index < -0.39 is 11.9 Å². The van der Waals surface area contributed by atoms with Gasteiger partial charge in [-0.1, -0.05) is 26.7 Å². The first-order valence-electron chi connectivity index (χ1n) is 6.18. The Kier molecular flexibility index (Phi) is 5.42. The Morgan fingerprint density at radius 3 is 2.41 bits per heavy atom. The van der Waals surface area contributed by atoms with Crippen molar-refractivity contribution in [1.29, 1.82) is 0 Å². The van der Waals surface area contributed by atoms with Gasteiger partial charge in [0.05, 0.1) is 12.7 Å². The Bertz CT molecular complexity index is 346. The summed E-state index contributed by atoms with van der Waals surface area (Å²) in [5, 5.41) is 9.31. The summed E-state index contributed by atoms with van der Waals surface area (Å²) in [5.41, 5.74) is 0.305. The summed E-state index contributed by atoms with van der Waals surface area (Å²) in [7, 11) is 0. The molecule has 0 aliphatic rings. The highest BCUT2D eigenvalue weighted by atomic mass is 19.1. The Labute approximate surface area is 102 Å². The molecule has 1 N–H and O–H groups in total. The average molecular weight is 240 g/mol. The van der Waals surface area contributed by atoms with Crippen LogP contribution in [0.4, 0.5) is 4.39 Å². The summed E-state index contributed by atoms with van der Waals surface area (Å²) in [4.78, 5) is 0. The van der Waals surface area contributed by atoms with Gasteiger partial charge in [-0.25, -0.2) is 4.39 Å². The van der Waals surface area contributed by atoms with Gasteiger partial charge >= 0.3 is 0 Å². The Hall–Kier alpha value is -1.09. The highest BCUT2D eigenvalue weighted by Gasteiger charge is 2.10. The highest BCUT2D eigenvalue weighted by molar-refractivity contribution is 5.30. The van der Waals surface area contributed by atoms with Crippen molar-refractivity contribution in [3.05, 3.63) is 29.6 Å². The standard InChI is InChI=1S/C14H21FO2/c1-4-11(5-2)9-17-12-6-7-13(10(3)16)14(15)8-12/h6-8,10-11,16H,4-5,9H2,1-3H3/t10-/m1/s1. The minimum atomic E-state index is -0.789. The van der Waals surface area contributed by atoms with E-state index in [2.05, 4.69) is 13.8 Å². The summed E-state index contributed by atoms with van der Waals surface area (Å²) in [6, 6.07) is 4.61. The van der Waals surface area contributed by atoms with Crippen LogP contribution >= 0.6 is 0 Å². The minimum Gasteiger partial charge on any atom is -0.493 e. The molecule has 96 valence electrons. The molecule has 0 saturated heterocycles. The van der Waals surface area contributed by atoms with Gasteiger partial charge in [0, 0.05) is 11.6 Å². The van der Waals surface area contributed by atoms with Crippen LogP contribution < -0.4 is 4.74 Å². The molecule has 0 aliphatic carbocycles.